The fourth-order valence-corrected chi connectivity index (χ4v) is 19.7. The van der Waals surface area contributed by atoms with Gasteiger partial charge in [-0.15, -0.1) is 0 Å². The molecule has 0 aromatic rings. The van der Waals surface area contributed by atoms with Crippen LogP contribution >= 0.6 is 0 Å². The smallest absolute Gasteiger partial charge is 0.389 e. The Kier molecular flexibility index (Phi) is 11.9. The molecular weight excluding hydrogens is 434 g/mol. The van der Waals surface area contributed by atoms with Crippen molar-refractivity contribution in [3.8, 4) is 0 Å². The lowest BCUT2D eigenvalue weighted by atomic mass is 10.3. The quantitative estimate of drug-likeness (QED) is 0.589. The molecule has 0 amide bonds. The largest absolute Gasteiger partial charge is 0.425 e. The van der Waals surface area contributed by atoms with Crippen LogP contribution in [0, 0.1) is 0 Å². The molecule has 5 nitrogen and oxygen atoms in total. The molecule has 1 aliphatic heterocycles. The number of hydrogen-bond donors (Lipinski definition) is 0. The molecule has 1 fully saturated rings. The molecule has 1 rings (SSSR count). The minimum atomic E-state index is -4.21. The third-order valence-corrected chi connectivity index (χ3v) is 19.7. The topological polar surface area (TPSA) is 46.2 Å². The molecule has 0 saturated carbocycles. The van der Waals surface area contributed by atoms with Crippen LogP contribution in [0.5, 0.6) is 0 Å². The fraction of sp³-hybridized carbons (Fsp3) is 1.00. The molecule has 1 atom stereocenters. The van der Waals surface area contributed by atoms with E-state index in [1.54, 1.807) is 6.55 Å². The normalized spacial score (nSPS) is 28.4. The van der Waals surface area contributed by atoms with Crippen molar-refractivity contribution in [1.29, 1.82) is 0 Å². The van der Waals surface area contributed by atoms with E-state index in [0.717, 1.165) is 0 Å². The summed E-state index contributed by atoms with van der Waals surface area (Å²) < 4.78 is 66.2. The van der Waals surface area contributed by atoms with Crippen LogP contribution in [0.3, 0.4) is 0 Å². The highest BCUT2D eigenvalue weighted by Crippen LogP contribution is 2.30. The molecule has 1 heterocycles. The first-order valence-corrected chi connectivity index (χ1v) is 19.5. The first kappa shape index (κ1) is 26.7. The van der Waals surface area contributed by atoms with E-state index in [1.165, 1.54) is 19.3 Å². The number of unbranched alkanes of at least 4 members (excludes halogenated alkanes) is 2. The van der Waals surface area contributed by atoms with E-state index in [4.69, 9.17) is 20.6 Å². The molecule has 13 heteroatoms. The van der Waals surface area contributed by atoms with Crippen LogP contribution in [0.4, 0.5) is 13.2 Å². The molecule has 0 aromatic heterocycles. The molecule has 0 spiro atoms. The van der Waals surface area contributed by atoms with Crippen LogP contribution in [0.25, 0.3) is 0 Å². The van der Waals surface area contributed by atoms with E-state index in [1.807, 2.05) is 26.2 Å². The predicted molar refractivity (Wildman–Crippen MR) is 110 cm³/mol. The van der Waals surface area contributed by atoms with Crippen molar-refractivity contribution in [3.63, 3.8) is 0 Å². The highest BCUT2D eigenvalue weighted by Gasteiger charge is 2.46. The van der Waals surface area contributed by atoms with Crippen molar-refractivity contribution in [2.24, 2.45) is 0 Å². The number of hydrogen-bond acceptors (Lipinski definition) is 5. The number of alkyl halides is 3. The van der Waals surface area contributed by atoms with E-state index in [-0.39, 0.29) is 6.04 Å². The van der Waals surface area contributed by atoms with Crippen molar-refractivity contribution >= 4 is 45.7 Å². The van der Waals surface area contributed by atoms with Crippen molar-refractivity contribution in [2.45, 2.75) is 84.5 Å². The summed E-state index contributed by atoms with van der Waals surface area (Å²) in [7, 11) is -10.4. The Labute approximate surface area is 164 Å². The van der Waals surface area contributed by atoms with Gasteiger partial charge in [0, 0.05) is 6.42 Å². The van der Waals surface area contributed by atoms with Gasteiger partial charge in [0.05, 0.1) is 0 Å². The average Bonchev–Trinajstić information content (AvgIpc) is 2.43. The van der Waals surface area contributed by atoms with Gasteiger partial charge in [-0.3, -0.25) is 0 Å². The molecular formula is C13H35F3O5Si5. The van der Waals surface area contributed by atoms with Gasteiger partial charge in [0.15, 0.2) is 0 Å². The second-order valence-electron chi connectivity index (χ2n) is 7.33. The second-order valence-corrected chi connectivity index (χ2v) is 21.7. The number of rotatable bonds is 4. The maximum Gasteiger partial charge on any atom is 0.389 e. The molecule has 0 N–H and O–H groups in total. The van der Waals surface area contributed by atoms with Gasteiger partial charge >= 0.3 is 31.9 Å². The Morgan fingerprint density at radius 3 is 1.81 bits per heavy atom. The predicted octanol–water partition coefficient (Wildman–Crippen LogP) is 3.71. The summed E-state index contributed by atoms with van der Waals surface area (Å²) in [6.07, 6.45) is -1.03. The van der Waals surface area contributed by atoms with Crippen molar-refractivity contribution in [1.82, 2.24) is 0 Å². The van der Waals surface area contributed by atoms with Gasteiger partial charge in [-0.2, -0.15) is 13.2 Å². The van der Waals surface area contributed by atoms with Gasteiger partial charge < -0.3 is 20.6 Å². The Morgan fingerprint density at radius 1 is 0.808 bits per heavy atom. The zero-order valence-electron chi connectivity index (χ0n) is 17.1. The molecule has 26 heavy (non-hydrogen) atoms. The Morgan fingerprint density at radius 2 is 1.35 bits per heavy atom. The molecule has 1 unspecified atom stereocenters. The van der Waals surface area contributed by atoms with E-state index in [0.29, 0.717) is 0 Å². The minimum Gasteiger partial charge on any atom is -0.425 e. The maximum absolute atomic E-state index is 12.5. The Balaban J connectivity index is 0.00000110. The highest BCUT2D eigenvalue weighted by atomic mass is 28.5. The van der Waals surface area contributed by atoms with Gasteiger partial charge in [0.2, 0.25) is 0 Å². The van der Waals surface area contributed by atoms with Crippen LogP contribution in [-0.2, 0) is 20.6 Å². The lowest BCUT2D eigenvalue weighted by molar-refractivity contribution is -0.131. The van der Waals surface area contributed by atoms with E-state index >= 15 is 0 Å². The number of halogens is 3. The summed E-state index contributed by atoms with van der Waals surface area (Å²) in [5.41, 5.74) is 0. The first-order chi connectivity index (χ1) is 11.7. The molecule has 0 bridgehead atoms. The first-order valence-electron chi connectivity index (χ1n) is 9.07. The van der Waals surface area contributed by atoms with E-state index in [2.05, 4.69) is 13.8 Å². The Hall–Kier alpha value is 0.674. The monoisotopic (exact) mass is 468 g/mol. The van der Waals surface area contributed by atoms with Crippen molar-refractivity contribution in [2.75, 3.05) is 0 Å². The summed E-state index contributed by atoms with van der Waals surface area (Å²) in [5, 5.41) is 0. The van der Waals surface area contributed by atoms with Gasteiger partial charge in [-0.1, -0.05) is 33.1 Å². The zero-order valence-corrected chi connectivity index (χ0v) is 23.0. The van der Waals surface area contributed by atoms with Gasteiger partial charge in [0.1, 0.15) is 0 Å². The zero-order chi connectivity index (χ0) is 20.5. The van der Waals surface area contributed by atoms with Crippen LogP contribution in [0.2, 0.25) is 38.8 Å². The van der Waals surface area contributed by atoms with E-state index < -0.39 is 58.3 Å². The molecule has 0 aromatic carbocycles. The van der Waals surface area contributed by atoms with Crippen LogP contribution in [0.15, 0.2) is 0 Å². The van der Waals surface area contributed by atoms with Gasteiger partial charge in [-0.05, 0) is 38.8 Å². The third-order valence-electron chi connectivity index (χ3n) is 3.46. The third kappa shape index (κ3) is 13.8. The fourth-order valence-electron chi connectivity index (χ4n) is 2.42. The highest BCUT2D eigenvalue weighted by molar-refractivity contribution is 6.86. The van der Waals surface area contributed by atoms with Gasteiger partial charge in [-0.25, -0.2) is 0 Å². The molecule has 1 aliphatic rings. The SMILES string of the molecule is CCCCC.C[Si]1(C)O[SiH2]O[SiH2]O[Si](C)(CCC(F)(F)F)O[Si](C)(C)O1. The Bertz CT molecular complexity index is 399. The van der Waals surface area contributed by atoms with Crippen LogP contribution in [-0.4, -0.2) is 51.9 Å². The maximum atomic E-state index is 12.5. The van der Waals surface area contributed by atoms with Crippen molar-refractivity contribution < 1.29 is 33.7 Å². The molecule has 0 aliphatic carbocycles. The van der Waals surface area contributed by atoms with E-state index in [9.17, 15) is 13.2 Å². The minimum absolute atomic E-state index is 0.128. The molecule has 158 valence electrons. The molecule has 0 radical (unpaired) electrons. The summed E-state index contributed by atoms with van der Waals surface area (Å²) >= 11 is 0. The van der Waals surface area contributed by atoms with Crippen LogP contribution < -0.4 is 0 Å². The lowest BCUT2D eigenvalue weighted by Gasteiger charge is -2.40. The summed E-state index contributed by atoms with van der Waals surface area (Å²) in [6.45, 7) is 13.6. The van der Waals surface area contributed by atoms with Gasteiger partial charge in [0.25, 0.3) is 20.0 Å². The van der Waals surface area contributed by atoms with Crippen molar-refractivity contribution in [3.05, 3.63) is 0 Å². The summed E-state index contributed by atoms with van der Waals surface area (Å²) in [5.74, 6) is 0. The molecule has 1 saturated heterocycles. The lowest BCUT2D eigenvalue weighted by Crippen LogP contribution is -2.57. The second kappa shape index (κ2) is 11.6. The summed E-state index contributed by atoms with van der Waals surface area (Å²) in [6, 6.07) is -0.128. The standard InChI is InChI=1S/C8H23F3O5Si5.C5H12/c1-19(2)13-17-12-18-14-21(5,7-6-8(9,10)11)16-20(3,4)15-19;1-3-5-4-2/h6-7,17-18H2,1-5H3;3-5H2,1-2H3. The van der Waals surface area contributed by atoms with Crippen LogP contribution in [0.1, 0.15) is 39.5 Å². The average molecular weight is 469 g/mol. The summed E-state index contributed by atoms with van der Waals surface area (Å²) in [4.78, 5) is 0.